The summed E-state index contributed by atoms with van der Waals surface area (Å²) in [6.07, 6.45) is 4.53. The molecule has 0 aromatic carbocycles. The van der Waals surface area contributed by atoms with E-state index in [2.05, 4.69) is 4.98 Å². The van der Waals surface area contributed by atoms with Crippen LogP contribution in [0.5, 0.6) is 0 Å². The molecule has 0 radical (unpaired) electrons. The molecule has 1 saturated heterocycles. The number of carbonyl (C=O) groups excluding carboxylic acids is 1. The number of pyridine rings is 1. The molecule has 1 aromatic rings. The van der Waals surface area contributed by atoms with E-state index in [0.29, 0.717) is 6.54 Å². The van der Waals surface area contributed by atoms with Gasteiger partial charge in [0.25, 0.3) is 0 Å². The molecular formula is C17H24N2O4. The van der Waals surface area contributed by atoms with E-state index >= 15 is 0 Å². The molecule has 0 bridgehead atoms. The Hall–Kier alpha value is -1.76. The third-order valence-electron chi connectivity index (χ3n) is 3.74. The van der Waals surface area contributed by atoms with Crippen molar-refractivity contribution in [1.82, 2.24) is 9.88 Å². The van der Waals surface area contributed by atoms with Crippen LogP contribution in [0.4, 0.5) is 0 Å². The van der Waals surface area contributed by atoms with Crippen molar-refractivity contribution in [2.24, 2.45) is 5.92 Å². The molecule has 1 aromatic heterocycles. The summed E-state index contributed by atoms with van der Waals surface area (Å²) in [6.45, 7) is 4.80. The zero-order chi connectivity index (χ0) is 16.8. The number of ether oxygens (including phenoxy) is 1. The minimum Gasteiger partial charge on any atom is -0.388 e. The summed E-state index contributed by atoms with van der Waals surface area (Å²) in [5.74, 6) is 0.0248. The molecule has 3 atom stereocenters. The average Bonchev–Trinajstić information content (AvgIpc) is 2.54. The van der Waals surface area contributed by atoms with Gasteiger partial charge in [-0.05, 0) is 29.7 Å². The number of rotatable bonds is 5. The number of nitrogens with zero attached hydrogens (tertiary/aromatic N) is 2. The number of amides is 1. The molecule has 0 unspecified atom stereocenters. The number of aliphatic hydroxyl groups excluding tert-OH is 2. The number of aromatic nitrogens is 1. The third-order valence-corrected chi connectivity index (χ3v) is 3.74. The van der Waals surface area contributed by atoms with Crippen LogP contribution in [-0.2, 0) is 9.53 Å². The van der Waals surface area contributed by atoms with Crippen LogP contribution in [0.2, 0.25) is 0 Å². The fourth-order valence-electron chi connectivity index (χ4n) is 2.56. The number of hydrogen-bond acceptors (Lipinski definition) is 5. The van der Waals surface area contributed by atoms with Crippen LogP contribution in [0.25, 0.3) is 6.08 Å². The number of aliphatic hydroxyl groups is 2. The summed E-state index contributed by atoms with van der Waals surface area (Å²) < 4.78 is 5.30. The van der Waals surface area contributed by atoms with Gasteiger partial charge in [-0.2, -0.15) is 0 Å². The summed E-state index contributed by atoms with van der Waals surface area (Å²) in [4.78, 5) is 18.1. The second-order valence-electron chi connectivity index (χ2n) is 6.16. The predicted octanol–water partition coefficient (Wildman–Crippen LogP) is 0.700. The van der Waals surface area contributed by atoms with Gasteiger partial charge in [0.1, 0.15) is 12.2 Å². The average molecular weight is 320 g/mol. The maximum atomic E-state index is 12.6. The van der Waals surface area contributed by atoms with Crippen molar-refractivity contribution in [1.29, 1.82) is 0 Å². The van der Waals surface area contributed by atoms with Gasteiger partial charge >= 0.3 is 0 Å². The standard InChI is InChI=1S/C17H24N2O4/c1-12(2)9-19(14-10-23-11-15(20)17(14)22)16(21)4-3-13-5-7-18-8-6-13/h3-8,12,14-15,17,20,22H,9-11H2,1-2H3/b4-3+/t14-,15-,17+/m1/s1. The van der Waals surface area contributed by atoms with Gasteiger partial charge in [-0.25, -0.2) is 0 Å². The lowest BCUT2D eigenvalue weighted by atomic mass is 10.0. The number of carbonyl (C=O) groups is 1. The highest BCUT2D eigenvalue weighted by molar-refractivity contribution is 5.92. The molecule has 0 spiro atoms. The second kappa shape index (κ2) is 8.19. The lowest BCUT2D eigenvalue weighted by Crippen LogP contribution is -2.58. The van der Waals surface area contributed by atoms with E-state index in [0.717, 1.165) is 5.56 Å². The van der Waals surface area contributed by atoms with Gasteiger partial charge in [0.15, 0.2) is 0 Å². The monoisotopic (exact) mass is 320 g/mol. The molecule has 126 valence electrons. The van der Waals surface area contributed by atoms with Crippen LogP contribution in [0.1, 0.15) is 19.4 Å². The minimum atomic E-state index is -0.999. The first kappa shape index (κ1) is 17.6. The Kier molecular flexibility index (Phi) is 6.27. The van der Waals surface area contributed by atoms with Crippen LogP contribution in [0.15, 0.2) is 30.6 Å². The first-order valence-electron chi connectivity index (χ1n) is 7.81. The summed E-state index contributed by atoms with van der Waals surface area (Å²) in [7, 11) is 0. The van der Waals surface area contributed by atoms with Crippen molar-refractivity contribution in [3.05, 3.63) is 36.2 Å². The normalized spacial score (nSPS) is 25.0. The summed E-state index contributed by atoms with van der Waals surface area (Å²) in [5, 5.41) is 20.0. The SMILES string of the molecule is CC(C)CN(C(=O)/C=C/c1ccncc1)[C@@H]1COC[C@@H](O)[C@H]1O. The van der Waals surface area contributed by atoms with Gasteiger partial charge in [0, 0.05) is 25.0 Å². The fraction of sp³-hybridized carbons (Fsp3) is 0.529. The maximum Gasteiger partial charge on any atom is 0.247 e. The van der Waals surface area contributed by atoms with Gasteiger partial charge in [-0.3, -0.25) is 9.78 Å². The van der Waals surface area contributed by atoms with Crippen molar-refractivity contribution in [3.8, 4) is 0 Å². The zero-order valence-corrected chi connectivity index (χ0v) is 13.5. The summed E-state index contributed by atoms with van der Waals surface area (Å²) >= 11 is 0. The summed E-state index contributed by atoms with van der Waals surface area (Å²) in [6, 6.07) is 3.06. The molecule has 2 rings (SSSR count). The van der Waals surface area contributed by atoms with E-state index in [4.69, 9.17) is 4.74 Å². The molecule has 1 amide bonds. The Bertz CT molecular complexity index is 533. The summed E-state index contributed by atoms with van der Waals surface area (Å²) in [5.41, 5.74) is 0.873. The Morgan fingerprint density at radius 2 is 2.09 bits per heavy atom. The number of hydrogen-bond donors (Lipinski definition) is 2. The molecule has 23 heavy (non-hydrogen) atoms. The molecular weight excluding hydrogens is 296 g/mol. The molecule has 1 fully saturated rings. The van der Waals surface area contributed by atoms with Gasteiger partial charge in [-0.15, -0.1) is 0 Å². The quantitative estimate of drug-likeness (QED) is 0.781. The molecule has 6 heteroatoms. The molecule has 6 nitrogen and oxygen atoms in total. The highest BCUT2D eigenvalue weighted by Gasteiger charge is 2.37. The predicted molar refractivity (Wildman–Crippen MR) is 86.4 cm³/mol. The Morgan fingerprint density at radius 3 is 2.74 bits per heavy atom. The third kappa shape index (κ3) is 4.86. The highest BCUT2D eigenvalue weighted by Crippen LogP contribution is 2.17. The van der Waals surface area contributed by atoms with Gasteiger partial charge in [0.05, 0.1) is 19.3 Å². The van der Waals surface area contributed by atoms with Crippen LogP contribution < -0.4 is 0 Å². The molecule has 2 N–H and O–H groups in total. The lowest BCUT2D eigenvalue weighted by Gasteiger charge is -2.39. The van der Waals surface area contributed by atoms with Gasteiger partial charge in [0.2, 0.25) is 5.91 Å². The fourth-order valence-corrected chi connectivity index (χ4v) is 2.56. The Morgan fingerprint density at radius 1 is 1.39 bits per heavy atom. The van der Waals surface area contributed by atoms with E-state index in [-0.39, 0.29) is 25.0 Å². The van der Waals surface area contributed by atoms with Crippen molar-refractivity contribution < 1.29 is 19.7 Å². The topological polar surface area (TPSA) is 82.9 Å². The second-order valence-corrected chi connectivity index (χ2v) is 6.16. The van der Waals surface area contributed by atoms with Crippen LogP contribution in [0, 0.1) is 5.92 Å². The lowest BCUT2D eigenvalue weighted by molar-refractivity contribution is -0.153. The minimum absolute atomic E-state index is 0.0915. The van der Waals surface area contributed by atoms with Crippen LogP contribution >= 0.6 is 0 Å². The van der Waals surface area contributed by atoms with Gasteiger partial charge in [-0.1, -0.05) is 13.8 Å². The van der Waals surface area contributed by atoms with E-state index in [1.807, 2.05) is 13.8 Å². The highest BCUT2D eigenvalue weighted by atomic mass is 16.5. The van der Waals surface area contributed by atoms with Gasteiger partial charge < -0.3 is 19.8 Å². The van der Waals surface area contributed by atoms with Crippen molar-refractivity contribution in [3.63, 3.8) is 0 Å². The van der Waals surface area contributed by atoms with Crippen molar-refractivity contribution in [2.75, 3.05) is 19.8 Å². The van der Waals surface area contributed by atoms with Crippen LogP contribution in [0.3, 0.4) is 0 Å². The first-order valence-corrected chi connectivity index (χ1v) is 7.81. The largest absolute Gasteiger partial charge is 0.388 e. The van der Waals surface area contributed by atoms with E-state index in [9.17, 15) is 15.0 Å². The first-order chi connectivity index (χ1) is 11.0. The smallest absolute Gasteiger partial charge is 0.247 e. The molecule has 2 heterocycles. The maximum absolute atomic E-state index is 12.6. The van der Waals surface area contributed by atoms with Crippen molar-refractivity contribution in [2.45, 2.75) is 32.1 Å². The van der Waals surface area contributed by atoms with E-state index < -0.39 is 18.2 Å². The molecule has 1 aliphatic rings. The zero-order valence-electron chi connectivity index (χ0n) is 13.5. The Balaban J connectivity index is 2.13. The van der Waals surface area contributed by atoms with Crippen molar-refractivity contribution >= 4 is 12.0 Å². The molecule has 0 saturated carbocycles. The molecule has 1 aliphatic heterocycles. The van der Waals surface area contributed by atoms with E-state index in [1.165, 1.54) is 6.08 Å². The molecule has 0 aliphatic carbocycles. The van der Waals surface area contributed by atoms with Crippen LogP contribution in [-0.4, -0.2) is 64.0 Å². The van der Waals surface area contributed by atoms with E-state index in [1.54, 1.807) is 35.5 Å². The Labute approximate surface area is 136 Å².